The number of unbranched alkanes of at least 4 members (excludes halogenated alkanes) is 6. The Morgan fingerprint density at radius 2 is 1.25 bits per heavy atom. The van der Waals surface area contributed by atoms with Crippen LogP contribution in [0.3, 0.4) is 0 Å². The van der Waals surface area contributed by atoms with Crippen LogP contribution in [0.4, 0.5) is 0 Å². The third kappa shape index (κ3) is 8.67. The van der Waals surface area contributed by atoms with E-state index < -0.39 is 0 Å². The molecule has 140 valence electrons. The number of aliphatic hydroxyl groups is 1. The lowest BCUT2D eigenvalue weighted by Gasteiger charge is -2.25. The molecule has 0 atom stereocenters. The largest absolute Gasteiger partial charge is 0.465 e. The molecule has 0 unspecified atom stereocenters. The molecular formula is C19H34O5. The Balaban J connectivity index is 2.05. The summed E-state index contributed by atoms with van der Waals surface area (Å²) in [5.41, 5.74) is 0. The molecule has 0 radical (unpaired) electrons. The van der Waals surface area contributed by atoms with Crippen LogP contribution in [-0.2, 0) is 19.1 Å². The number of carbonyl (C=O) groups excluding carboxylic acids is 2. The number of hydrogen-bond acceptors (Lipinski definition) is 5. The van der Waals surface area contributed by atoms with Crippen LogP contribution in [0.25, 0.3) is 0 Å². The highest BCUT2D eigenvalue weighted by atomic mass is 16.5. The van der Waals surface area contributed by atoms with E-state index in [2.05, 4.69) is 6.92 Å². The summed E-state index contributed by atoms with van der Waals surface area (Å²) in [6, 6.07) is 0. The minimum absolute atomic E-state index is 0.0548. The van der Waals surface area contributed by atoms with Crippen LogP contribution in [0, 0.1) is 11.8 Å². The highest BCUT2D eigenvalue weighted by Gasteiger charge is 2.31. The van der Waals surface area contributed by atoms with E-state index in [1.807, 2.05) is 0 Å². The molecule has 1 aliphatic rings. The summed E-state index contributed by atoms with van der Waals surface area (Å²) in [4.78, 5) is 23.8. The molecule has 0 saturated heterocycles. The minimum Gasteiger partial charge on any atom is -0.465 e. The number of rotatable bonds is 12. The van der Waals surface area contributed by atoms with Crippen molar-refractivity contribution in [3.63, 3.8) is 0 Å². The van der Waals surface area contributed by atoms with Gasteiger partial charge in [0.15, 0.2) is 0 Å². The summed E-state index contributed by atoms with van der Waals surface area (Å²) in [5, 5.41) is 8.66. The van der Waals surface area contributed by atoms with Crippen molar-refractivity contribution in [3.8, 4) is 0 Å². The quantitative estimate of drug-likeness (QED) is 0.433. The van der Waals surface area contributed by atoms with Gasteiger partial charge < -0.3 is 14.6 Å². The van der Waals surface area contributed by atoms with E-state index >= 15 is 0 Å². The second-order valence-electron chi connectivity index (χ2n) is 6.73. The first-order valence-electron chi connectivity index (χ1n) is 9.63. The van der Waals surface area contributed by atoms with Crippen LogP contribution in [0.5, 0.6) is 0 Å². The zero-order chi connectivity index (χ0) is 17.6. The predicted octanol–water partition coefficient (Wildman–Crippen LogP) is 3.62. The van der Waals surface area contributed by atoms with Crippen molar-refractivity contribution in [2.24, 2.45) is 11.8 Å². The molecule has 5 nitrogen and oxygen atoms in total. The average Bonchev–Trinajstić information content (AvgIpc) is 2.61. The third-order valence-corrected chi connectivity index (χ3v) is 4.72. The number of hydrogen-bond donors (Lipinski definition) is 1. The number of esters is 2. The molecule has 1 N–H and O–H groups in total. The Morgan fingerprint density at radius 3 is 1.75 bits per heavy atom. The lowest BCUT2D eigenvalue weighted by Crippen LogP contribution is -2.28. The van der Waals surface area contributed by atoms with Gasteiger partial charge in [0.05, 0.1) is 25.0 Å². The van der Waals surface area contributed by atoms with E-state index in [1.54, 1.807) is 0 Å². The molecule has 0 aromatic rings. The predicted molar refractivity (Wildman–Crippen MR) is 92.4 cm³/mol. The Hall–Kier alpha value is -1.10. The van der Waals surface area contributed by atoms with E-state index in [1.165, 1.54) is 32.1 Å². The second-order valence-corrected chi connectivity index (χ2v) is 6.73. The standard InChI is InChI=1S/C19H34O5/c1-2-3-4-5-6-7-8-14-23-18(21)16-9-11-17(12-10-16)19(22)24-15-13-20/h16-17,20H,2-15H2,1H3. The molecule has 0 amide bonds. The van der Waals surface area contributed by atoms with Crippen molar-refractivity contribution in [1.82, 2.24) is 0 Å². The lowest BCUT2D eigenvalue weighted by molar-refractivity contribution is -0.155. The van der Waals surface area contributed by atoms with Crippen molar-refractivity contribution < 1.29 is 24.2 Å². The van der Waals surface area contributed by atoms with Crippen LogP contribution < -0.4 is 0 Å². The van der Waals surface area contributed by atoms with Gasteiger partial charge in [0, 0.05) is 0 Å². The van der Waals surface area contributed by atoms with Crippen molar-refractivity contribution in [3.05, 3.63) is 0 Å². The first-order chi connectivity index (χ1) is 11.7. The molecule has 1 saturated carbocycles. The monoisotopic (exact) mass is 342 g/mol. The van der Waals surface area contributed by atoms with Crippen LogP contribution in [0.2, 0.25) is 0 Å². The summed E-state index contributed by atoms with van der Waals surface area (Å²) < 4.78 is 10.3. The van der Waals surface area contributed by atoms with E-state index in [4.69, 9.17) is 14.6 Å². The highest BCUT2D eigenvalue weighted by molar-refractivity contribution is 5.75. The van der Waals surface area contributed by atoms with Crippen molar-refractivity contribution in [2.45, 2.75) is 77.6 Å². The Morgan fingerprint density at radius 1 is 0.792 bits per heavy atom. The maximum atomic E-state index is 12.0. The summed E-state index contributed by atoms with van der Waals surface area (Å²) >= 11 is 0. The van der Waals surface area contributed by atoms with Crippen LogP contribution in [-0.4, -0.2) is 36.9 Å². The van der Waals surface area contributed by atoms with Gasteiger partial charge in [-0.1, -0.05) is 45.4 Å². The zero-order valence-corrected chi connectivity index (χ0v) is 15.1. The smallest absolute Gasteiger partial charge is 0.309 e. The first-order valence-corrected chi connectivity index (χ1v) is 9.63. The van der Waals surface area contributed by atoms with Gasteiger partial charge in [-0.05, 0) is 32.1 Å². The SMILES string of the molecule is CCCCCCCCCOC(=O)C1CCC(C(=O)OCCO)CC1. The topological polar surface area (TPSA) is 72.8 Å². The molecule has 0 aliphatic heterocycles. The zero-order valence-electron chi connectivity index (χ0n) is 15.1. The van der Waals surface area contributed by atoms with Gasteiger partial charge in [-0.3, -0.25) is 9.59 Å². The molecule has 1 rings (SSSR count). The van der Waals surface area contributed by atoms with Crippen molar-refractivity contribution in [1.29, 1.82) is 0 Å². The summed E-state index contributed by atoms with van der Waals surface area (Å²) in [7, 11) is 0. The normalized spacial score (nSPS) is 20.6. The van der Waals surface area contributed by atoms with Gasteiger partial charge in [0.25, 0.3) is 0 Å². The van der Waals surface area contributed by atoms with E-state index in [-0.39, 0.29) is 37.0 Å². The van der Waals surface area contributed by atoms with Gasteiger partial charge >= 0.3 is 11.9 Å². The number of carbonyl (C=O) groups is 2. The summed E-state index contributed by atoms with van der Waals surface area (Å²) in [6.07, 6.45) is 11.2. The number of aliphatic hydroxyl groups excluding tert-OH is 1. The van der Waals surface area contributed by atoms with Crippen LogP contribution >= 0.6 is 0 Å². The molecule has 24 heavy (non-hydrogen) atoms. The molecule has 0 heterocycles. The molecule has 0 aromatic carbocycles. The minimum atomic E-state index is -0.251. The molecule has 5 heteroatoms. The fraction of sp³-hybridized carbons (Fsp3) is 0.895. The van der Waals surface area contributed by atoms with Gasteiger partial charge in [-0.2, -0.15) is 0 Å². The Bertz CT molecular complexity index is 348. The fourth-order valence-corrected chi connectivity index (χ4v) is 3.18. The first kappa shape index (κ1) is 20.9. The van der Waals surface area contributed by atoms with Gasteiger partial charge in [-0.15, -0.1) is 0 Å². The maximum Gasteiger partial charge on any atom is 0.309 e. The summed E-state index contributed by atoms with van der Waals surface area (Å²) in [6.45, 7) is 2.64. The molecule has 0 bridgehead atoms. The molecule has 0 aromatic heterocycles. The van der Waals surface area contributed by atoms with E-state index in [0.717, 1.165) is 12.8 Å². The van der Waals surface area contributed by atoms with Gasteiger partial charge in [0.2, 0.25) is 0 Å². The van der Waals surface area contributed by atoms with Crippen LogP contribution in [0.15, 0.2) is 0 Å². The van der Waals surface area contributed by atoms with Gasteiger partial charge in [-0.25, -0.2) is 0 Å². The lowest BCUT2D eigenvalue weighted by atomic mass is 9.82. The molecule has 1 aliphatic carbocycles. The fourth-order valence-electron chi connectivity index (χ4n) is 3.18. The van der Waals surface area contributed by atoms with Crippen molar-refractivity contribution >= 4 is 11.9 Å². The van der Waals surface area contributed by atoms with E-state index in [9.17, 15) is 9.59 Å². The Labute approximate surface area is 146 Å². The second kappa shape index (κ2) is 13.2. The molecule has 0 spiro atoms. The third-order valence-electron chi connectivity index (χ3n) is 4.72. The van der Waals surface area contributed by atoms with Crippen molar-refractivity contribution in [2.75, 3.05) is 19.8 Å². The van der Waals surface area contributed by atoms with E-state index in [0.29, 0.717) is 32.3 Å². The average molecular weight is 342 g/mol. The highest BCUT2D eigenvalue weighted by Crippen LogP contribution is 2.30. The Kier molecular flexibility index (Phi) is 11.5. The van der Waals surface area contributed by atoms with Gasteiger partial charge in [0.1, 0.15) is 6.61 Å². The summed E-state index contributed by atoms with van der Waals surface area (Å²) in [5.74, 6) is -0.567. The van der Waals surface area contributed by atoms with Crippen LogP contribution in [0.1, 0.15) is 77.6 Å². The molecular weight excluding hydrogens is 308 g/mol. The maximum absolute atomic E-state index is 12.0. The molecule has 1 fully saturated rings. The number of ether oxygens (including phenoxy) is 2.